The number of nitrogens with zero attached hydrogens (tertiary/aromatic N) is 1. The molecule has 1 aromatic rings. The normalized spacial score (nSPS) is 12.8. The van der Waals surface area contributed by atoms with Gasteiger partial charge in [0.15, 0.2) is 0 Å². The topological polar surface area (TPSA) is 92.0 Å². The molecule has 5 heteroatoms. The van der Waals surface area contributed by atoms with E-state index in [1.165, 1.54) is 0 Å². The molecule has 0 aliphatic rings. The number of H-pyrrole nitrogens is 1. The summed E-state index contributed by atoms with van der Waals surface area (Å²) in [4.78, 5) is 16.9. The molecule has 0 aliphatic heterocycles. The lowest BCUT2D eigenvalue weighted by atomic mass is 10.2. The van der Waals surface area contributed by atoms with Crippen LogP contribution in [0, 0.1) is 0 Å². The fourth-order valence-corrected chi connectivity index (χ4v) is 0.832. The van der Waals surface area contributed by atoms with Crippen molar-refractivity contribution in [3.8, 4) is 5.88 Å². The van der Waals surface area contributed by atoms with Crippen LogP contribution in [0.1, 0.15) is 25.2 Å². The molecular formula is C7H11N3O2. The monoisotopic (exact) mass is 169 g/mol. The molecule has 12 heavy (non-hydrogen) atoms. The maximum atomic E-state index is 10.8. The number of rotatable bonds is 2. The number of hydrogen-bond acceptors (Lipinski definition) is 4. The minimum atomic E-state index is -0.388. The average Bonchev–Trinajstić information content (AvgIpc) is 2.01. The van der Waals surface area contributed by atoms with Crippen molar-refractivity contribution in [3.63, 3.8) is 0 Å². The van der Waals surface area contributed by atoms with E-state index in [0.29, 0.717) is 12.2 Å². The van der Waals surface area contributed by atoms with E-state index in [2.05, 4.69) is 9.97 Å². The van der Waals surface area contributed by atoms with Gasteiger partial charge in [-0.3, -0.25) is 4.79 Å². The third kappa shape index (κ3) is 1.82. The Kier molecular flexibility index (Phi) is 2.44. The highest BCUT2D eigenvalue weighted by Crippen LogP contribution is 2.08. The lowest BCUT2D eigenvalue weighted by Gasteiger charge is -2.06. The first kappa shape index (κ1) is 8.73. The minimum absolute atomic E-state index is 0.294. The van der Waals surface area contributed by atoms with Gasteiger partial charge in [0.1, 0.15) is 5.82 Å². The lowest BCUT2D eigenvalue weighted by Crippen LogP contribution is -2.18. The van der Waals surface area contributed by atoms with E-state index in [9.17, 15) is 4.79 Å². The predicted molar refractivity (Wildman–Crippen MR) is 43.7 cm³/mol. The van der Waals surface area contributed by atoms with Crippen LogP contribution in [-0.4, -0.2) is 15.1 Å². The summed E-state index contributed by atoms with van der Waals surface area (Å²) in [5, 5.41) is 8.95. The van der Waals surface area contributed by atoms with Crippen molar-refractivity contribution in [2.24, 2.45) is 5.73 Å². The Morgan fingerprint density at radius 2 is 2.50 bits per heavy atom. The van der Waals surface area contributed by atoms with Gasteiger partial charge in [0.25, 0.3) is 5.56 Å². The zero-order valence-electron chi connectivity index (χ0n) is 6.74. The maximum Gasteiger partial charge on any atom is 0.254 e. The molecule has 0 fully saturated rings. The fourth-order valence-electron chi connectivity index (χ4n) is 0.832. The molecule has 0 spiro atoms. The molecule has 0 radical (unpaired) electrons. The van der Waals surface area contributed by atoms with Gasteiger partial charge in [0.2, 0.25) is 5.88 Å². The van der Waals surface area contributed by atoms with Crippen molar-refractivity contribution < 1.29 is 5.11 Å². The Hall–Kier alpha value is -1.36. The zero-order valence-corrected chi connectivity index (χ0v) is 6.74. The first-order valence-electron chi connectivity index (χ1n) is 3.69. The van der Waals surface area contributed by atoms with Crippen LogP contribution in [0.3, 0.4) is 0 Å². The average molecular weight is 169 g/mol. The number of aromatic amines is 1. The van der Waals surface area contributed by atoms with Gasteiger partial charge in [-0.25, -0.2) is 0 Å². The van der Waals surface area contributed by atoms with Crippen molar-refractivity contribution in [2.75, 3.05) is 0 Å². The Bertz CT molecular complexity index is 321. The van der Waals surface area contributed by atoms with Gasteiger partial charge in [0, 0.05) is 0 Å². The number of nitrogens with one attached hydrogen (secondary N) is 1. The molecule has 0 bridgehead atoms. The second-order valence-electron chi connectivity index (χ2n) is 2.50. The molecule has 1 aromatic heterocycles. The number of aromatic hydroxyl groups is 1. The molecule has 0 aliphatic carbocycles. The van der Waals surface area contributed by atoms with E-state index < -0.39 is 0 Å². The van der Waals surface area contributed by atoms with Gasteiger partial charge >= 0.3 is 0 Å². The fraction of sp³-hybridized carbons (Fsp3) is 0.429. The van der Waals surface area contributed by atoms with Gasteiger partial charge in [-0.05, 0) is 6.42 Å². The number of aromatic nitrogens is 2. The summed E-state index contributed by atoms with van der Waals surface area (Å²) in [6.45, 7) is 1.87. The maximum absolute atomic E-state index is 10.8. The summed E-state index contributed by atoms with van der Waals surface area (Å²) in [5.74, 6) is 0.0279. The van der Waals surface area contributed by atoms with Gasteiger partial charge in [-0.2, -0.15) is 4.98 Å². The van der Waals surface area contributed by atoms with E-state index >= 15 is 0 Å². The largest absolute Gasteiger partial charge is 0.493 e. The molecule has 0 aromatic carbocycles. The summed E-state index contributed by atoms with van der Waals surface area (Å²) in [6.07, 6.45) is 0.659. The number of hydrogen-bond donors (Lipinski definition) is 3. The summed E-state index contributed by atoms with van der Waals surface area (Å²) in [5.41, 5.74) is 5.20. The van der Waals surface area contributed by atoms with Crippen LogP contribution in [0.25, 0.3) is 0 Å². The molecule has 1 atom stereocenters. The minimum Gasteiger partial charge on any atom is -0.493 e. The van der Waals surface area contributed by atoms with Crippen LogP contribution in [0.2, 0.25) is 0 Å². The Balaban J connectivity index is 3.08. The van der Waals surface area contributed by atoms with Crippen LogP contribution in [-0.2, 0) is 0 Å². The first-order valence-corrected chi connectivity index (χ1v) is 3.69. The molecule has 1 heterocycles. The lowest BCUT2D eigenvalue weighted by molar-refractivity contribution is 0.443. The molecule has 5 nitrogen and oxygen atoms in total. The standard InChI is InChI=1S/C7H11N3O2/c1-2-4(8)7-9-5(11)3-6(12)10-7/h3-4H,2,8H2,1H3,(H2,9,10,11,12). The van der Waals surface area contributed by atoms with E-state index in [0.717, 1.165) is 6.07 Å². The van der Waals surface area contributed by atoms with Crippen molar-refractivity contribution >= 4 is 0 Å². The highest BCUT2D eigenvalue weighted by molar-refractivity contribution is 5.08. The Labute approximate surface area is 69.3 Å². The summed E-state index contributed by atoms with van der Waals surface area (Å²) in [7, 11) is 0. The van der Waals surface area contributed by atoms with E-state index in [4.69, 9.17) is 10.8 Å². The number of nitrogens with two attached hydrogens (primary N) is 1. The molecule has 0 saturated heterocycles. The van der Waals surface area contributed by atoms with Gasteiger partial charge in [-0.15, -0.1) is 0 Å². The van der Waals surface area contributed by atoms with Gasteiger partial charge in [0.05, 0.1) is 12.1 Å². The summed E-state index contributed by atoms with van der Waals surface area (Å²) in [6, 6.07) is 0.677. The predicted octanol–water partition coefficient (Wildman–Crippen LogP) is -0.115. The third-order valence-electron chi connectivity index (χ3n) is 1.54. The SMILES string of the molecule is CCC(N)c1nc(O)cc(=O)[nH]1. The smallest absolute Gasteiger partial charge is 0.254 e. The van der Waals surface area contributed by atoms with Crippen LogP contribution < -0.4 is 11.3 Å². The summed E-state index contributed by atoms with van der Waals surface area (Å²) >= 11 is 0. The van der Waals surface area contributed by atoms with E-state index in [1.54, 1.807) is 0 Å². The van der Waals surface area contributed by atoms with Crippen molar-refractivity contribution in [1.29, 1.82) is 0 Å². The van der Waals surface area contributed by atoms with Gasteiger partial charge < -0.3 is 15.8 Å². The van der Waals surface area contributed by atoms with Crippen LogP contribution in [0.5, 0.6) is 5.88 Å². The second-order valence-corrected chi connectivity index (χ2v) is 2.50. The first-order chi connectivity index (χ1) is 5.63. The molecule has 0 amide bonds. The highest BCUT2D eigenvalue weighted by atomic mass is 16.3. The Morgan fingerprint density at radius 1 is 1.83 bits per heavy atom. The highest BCUT2D eigenvalue weighted by Gasteiger charge is 2.06. The van der Waals surface area contributed by atoms with Crippen molar-refractivity contribution in [1.82, 2.24) is 9.97 Å². The van der Waals surface area contributed by atoms with Crippen LogP contribution in [0.4, 0.5) is 0 Å². The molecule has 0 saturated carbocycles. The Morgan fingerprint density at radius 3 is 3.00 bits per heavy atom. The quantitative estimate of drug-likeness (QED) is 0.575. The molecule has 66 valence electrons. The molecule has 1 rings (SSSR count). The van der Waals surface area contributed by atoms with Crippen molar-refractivity contribution in [2.45, 2.75) is 19.4 Å². The van der Waals surface area contributed by atoms with Crippen LogP contribution >= 0.6 is 0 Å². The molecule has 4 N–H and O–H groups in total. The van der Waals surface area contributed by atoms with Gasteiger partial charge in [-0.1, -0.05) is 6.92 Å². The van der Waals surface area contributed by atoms with E-state index in [-0.39, 0.29) is 17.5 Å². The zero-order chi connectivity index (χ0) is 9.14. The van der Waals surface area contributed by atoms with Crippen molar-refractivity contribution in [3.05, 3.63) is 22.2 Å². The van der Waals surface area contributed by atoms with Crippen LogP contribution in [0.15, 0.2) is 10.9 Å². The molecular weight excluding hydrogens is 158 g/mol. The van der Waals surface area contributed by atoms with E-state index in [1.807, 2.05) is 6.92 Å². The molecule has 1 unspecified atom stereocenters. The second kappa shape index (κ2) is 3.36. The third-order valence-corrected chi connectivity index (χ3v) is 1.54. The summed E-state index contributed by atoms with van der Waals surface area (Å²) < 4.78 is 0.